The Kier molecular flexibility index (Phi) is 2.38. The maximum Gasteiger partial charge on any atom is 0.336 e. The molecule has 1 rings (SSSR count). The van der Waals surface area contributed by atoms with Crippen molar-refractivity contribution >= 4 is 27.6 Å². The number of hydrogen-bond donors (Lipinski definition) is 2. The molecular weight excluding hydrogens is 222 g/mol. The van der Waals surface area contributed by atoms with E-state index >= 15 is 0 Å². The molecule has 0 aromatic heterocycles. The van der Waals surface area contributed by atoms with Crippen LogP contribution >= 0.6 is 15.9 Å². The standard InChI is InChI=1S/C8H8BrNO2/c1-4-2-3-5(8(11)12)6(9)7(4)10/h2-3H,10H2,1H3,(H,11,12). The van der Waals surface area contributed by atoms with Crippen molar-refractivity contribution in [2.45, 2.75) is 6.92 Å². The Bertz CT molecular complexity index is 336. The fourth-order valence-electron chi connectivity index (χ4n) is 0.855. The minimum absolute atomic E-state index is 0.193. The largest absolute Gasteiger partial charge is 0.478 e. The van der Waals surface area contributed by atoms with Crippen molar-refractivity contribution in [1.82, 2.24) is 0 Å². The molecule has 12 heavy (non-hydrogen) atoms. The van der Waals surface area contributed by atoms with E-state index in [4.69, 9.17) is 10.8 Å². The summed E-state index contributed by atoms with van der Waals surface area (Å²) in [6.45, 7) is 1.83. The van der Waals surface area contributed by atoms with Crippen molar-refractivity contribution in [2.75, 3.05) is 5.73 Å². The van der Waals surface area contributed by atoms with Gasteiger partial charge in [-0.1, -0.05) is 6.07 Å². The van der Waals surface area contributed by atoms with E-state index in [1.54, 1.807) is 6.07 Å². The maximum atomic E-state index is 10.6. The van der Waals surface area contributed by atoms with Gasteiger partial charge >= 0.3 is 5.97 Å². The number of aromatic carboxylic acids is 1. The quantitative estimate of drug-likeness (QED) is 0.725. The number of carboxylic acid groups (broad SMARTS) is 1. The monoisotopic (exact) mass is 229 g/mol. The second-order valence-corrected chi connectivity index (χ2v) is 3.26. The molecule has 3 N–H and O–H groups in total. The van der Waals surface area contributed by atoms with Gasteiger partial charge in [-0.3, -0.25) is 0 Å². The van der Waals surface area contributed by atoms with Crippen LogP contribution in [0.15, 0.2) is 16.6 Å². The van der Waals surface area contributed by atoms with Crippen LogP contribution in [0.4, 0.5) is 5.69 Å². The van der Waals surface area contributed by atoms with E-state index in [2.05, 4.69) is 15.9 Å². The average Bonchev–Trinajstić information content (AvgIpc) is 2.00. The summed E-state index contributed by atoms with van der Waals surface area (Å²) in [5.74, 6) is -0.978. The Balaban J connectivity index is 3.36. The molecule has 4 heteroatoms. The summed E-state index contributed by atoms with van der Waals surface area (Å²) >= 11 is 3.13. The second kappa shape index (κ2) is 3.15. The van der Waals surface area contributed by atoms with Crippen molar-refractivity contribution in [3.63, 3.8) is 0 Å². The van der Waals surface area contributed by atoms with Gasteiger partial charge in [0.05, 0.1) is 10.0 Å². The van der Waals surface area contributed by atoms with E-state index < -0.39 is 5.97 Å². The normalized spacial score (nSPS) is 9.83. The number of aryl methyl sites for hydroxylation is 1. The number of anilines is 1. The van der Waals surface area contributed by atoms with Gasteiger partial charge in [-0.15, -0.1) is 0 Å². The first-order valence-electron chi connectivity index (χ1n) is 3.32. The molecule has 0 bridgehead atoms. The smallest absolute Gasteiger partial charge is 0.336 e. The first-order valence-corrected chi connectivity index (χ1v) is 4.11. The number of carbonyl (C=O) groups is 1. The van der Waals surface area contributed by atoms with E-state index in [1.165, 1.54) is 6.07 Å². The molecule has 0 aliphatic heterocycles. The number of benzene rings is 1. The summed E-state index contributed by atoms with van der Waals surface area (Å²) < 4.78 is 0.454. The molecule has 1 aromatic rings. The second-order valence-electron chi connectivity index (χ2n) is 2.46. The lowest BCUT2D eigenvalue weighted by Crippen LogP contribution is -2.01. The van der Waals surface area contributed by atoms with E-state index in [9.17, 15) is 4.79 Å². The fourth-order valence-corrected chi connectivity index (χ4v) is 1.47. The zero-order chi connectivity index (χ0) is 9.30. The first kappa shape index (κ1) is 9.06. The minimum Gasteiger partial charge on any atom is -0.478 e. The highest BCUT2D eigenvalue weighted by molar-refractivity contribution is 9.10. The molecule has 3 nitrogen and oxygen atoms in total. The Labute approximate surface area is 78.3 Å². The summed E-state index contributed by atoms with van der Waals surface area (Å²) in [6, 6.07) is 3.21. The van der Waals surface area contributed by atoms with E-state index in [0.717, 1.165) is 5.56 Å². The first-order chi connectivity index (χ1) is 5.54. The Hall–Kier alpha value is -1.03. The summed E-state index contributed by atoms with van der Waals surface area (Å²) in [4.78, 5) is 10.6. The number of nitrogens with two attached hydrogens (primary N) is 1. The molecule has 0 heterocycles. The van der Waals surface area contributed by atoms with E-state index in [0.29, 0.717) is 10.2 Å². The Morgan fingerprint density at radius 1 is 1.58 bits per heavy atom. The molecule has 1 aromatic carbocycles. The molecule has 0 unspecified atom stereocenters. The minimum atomic E-state index is -0.978. The zero-order valence-corrected chi connectivity index (χ0v) is 8.05. The molecule has 0 aliphatic carbocycles. The highest BCUT2D eigenvalue weighted by atomic mass is 79.9. The van der Waals surface area contributed by atoms with Crippen LogP contribution in [-0.2, 0) is 0 Å². The van der Waals surface area contributed by atoms with Crippen LogP contribution in [0, 0.1) is 6.92 Å². The van der Waals surface area contributed by atoms with Crippen molar-refractivity contribution in [3.05, 3.63) is 27.7 Å². The third kappa shape index (κ3) is 1.43. The van der Waals surface area contributed by atoms with Gasteiger partial charge in [0.2, 0.25) is 0 Å². The number of halogens is 1. The lowest BCUT2D eigenvalue weighted by molar-refractivity contribution is 0.0696. The predicted octanol–water partition coefficient (Wildman–Crippen LogP) is 2.04. The molecule has 0 spiro atoms. The third-order valence-corrected chi connectivity index (χ3v) is 2.48. The number of hydrogen-bond acceptors (Lipinski definition) is 2. The highest BCUT2D eigenvalue weighted by Gasteiger charge is 2.11. The molecule has 0 aliphatic rings. The maximum absolute atomic E-state index is 10.6. The van der Waals surface area contributed by atoms with Gasteiger partial charge in [0, 0.05) is 5.69 Å². The van der Waals surface area contributed by atoms with Crippen LogP contribution in [0.2, 0.25) is 0 Å². The summed E-state index contributed by atoms with van der Waals surface area (Å²) in [5, 5.41) is 8.70. The molecular formula is C8H8BrNO2. The lowest BCUT2D eigenvalue weighted by atomic mass is 10.1. The van der Waals surface area contributed by atoms with Crippen LogP contribution in [-0.4, -0.2) is 11.1 Å². The number of nitrogen functional groups attached to an aromatic ring is 1. The van der Waals surface area contributed by atoms with Crippen LogP contribution < -0.4 is 5.73 Å². The number of carboxylic acids is 1. The SMILES string of the molecule is Cc1ccc(C(=O)O)c(Br)c1N. The van der Waals surface area contributed by atoms with Crippen LogP contribution in [0.3, 0.4) is 0 Å². The highest BCUT2D eigenvalue weighted by Crippen LogP contribution is 2.26. The molecule has 0 radical (unpaired) electrons. The van der Waals surface area contributed by atoms with Crippen LogP contribution in [0.25, 0.3) is 0 Å². The fraction of sp³-hybridized carbons (Fsp3) is 0.125. The predicted molar refractivity (Wildman–Crippen MR) is 50.3 cm³/mol. The van der Waals surface area contributed by atoms with Crippen LogP contribution in [0.5, 0.6) is 0 Å². The Morgan fingerprint density at radius 2 is 2.17 bits per heavy atom. The molecule has 0 saturated heterocycles. The third-order valence-electron chi connectivity index (χ3n) is 1.63. The molecule has 0 fully saturated rings. The topological polar surface area (TPSA) is 63.3 Å². The summed E-state index contributed by atoms with van der Waals surface area (Å²) in [7, 11) is 0. The molecule has 0 amide bonds. The van der Waals surface area contributed by atoms with Gasteiger partial charge in [-0.2, -0.15) is 0 Å². The Morgan fingerprint density at radius 3 is 2.67 bits per heavy atom. The van der Waals surface area contributed by atoms with Gasteiger partial charge in [0.15, 0.2) is 0 Å². The summed E-state index contributed by atoms with van der Waals surface area (Å²) in [6.07, 6.45) is 0. The summed E-state index contributed by atoms with van der Waals surface area (Å²) in [5.41, 5.74) is 7.15. The molecule has 0 saturated carbocycles. The van der Waals surface area contributed by atoms with Gasteiger partial charge in [-0.25, -0.2) is 4.79 Å². The van der Waals surface area contributed by atoms with Gasteiger partial charge in [0.25, 0.3) is 0 Å². The molecule has 0 atom stereocenters. The lowest BCUT2D eigenvalue weighted by Gasteiger charge is -2.05. The van der Waals surface area contributed by atoms with Crippen molar-refractivity contribution in [2.24, 2.45) is 0 Å². The molecule has 64 valence electrons. The zero-order valence-electron chi connectivity index (χ0n) is 6.47. The van der Waals surface area contributed by atoms with E-state index in [-0.39, 0.29) is 5.56 Å². The van der Waals surface area contributed by atoms with Gasteiger partial charge < -0.3 is 10.8 Å². The van der Waals surface area contributed by atoms with Crippen molar-refractivity contribution < 1.29 is 9.90 Å². The van der Waals surface area contributed by atoms with Crippen LogP contribution in [0.1, 0.15) is 15.9 Å². The van der Waals surface area contributed by atoms with E-state index in [1.807, 2.05) is 6.92 Å². The average molecular weight is 230 g/mol. The van der Waals surface area contributed by atoms with Gasteiger partial charge in [-0.05, 0) is 34.5 Å². The van der Waals surface area contributed by atoms with Gasteiger partial charge in [0.1, 0.15) is 0 Å². The number of rotatable bonds is 1. The van der Waals surface area contributed by atoms with Crippen molar-refractivity contribution in [1.29, 1.82) is 0 Å². The van der Waals surface area contributed by atoms with Crippen molar-refractivity contribution in [3.8, 4) is 0 Å².